The zero-order valence-corrected chi connectivity index (χ0v) is 11.2. The summed E-state index contributed by atoms with van der Waals surface area (Å²) >= 11 is 1.64. The lowest BCUT2D eigenvalue weighted by molar-refractivity contribution is -0.188. The molecular formula is C12H14F3NO2S. The Hall–Kier alpha value is -1.08. The third-order valence-electron chi connectivity index (χ3n) is 2.96. The van der Waals surface area contributed by atoms with E-state index in [4.69, 9.17) is 0 Å². The highest BCUT2D eigenvalue weighted by Gasteiger charge is 2.32. The third-order valence-corrected chi connectivity index (χ3v) is 3.99. The summed E-state index contributed by atoms with van der Waals surface area (Å²) in [5, 5.41) is 1.96. The number of carbonyl (C=O) groups is 1. The van der Waals surface area contributed by atoms with Gasteiger partial charge in [-0.25, -0.2) is 0 Å². The molecule has 3 nitrogen and oxygen atoms in total. The Bertz CT molecular complexity index is 458. The summed E-state index contributed by atoms with van der Waals surface area (Å²) in [7, 11) is 0. The number of rotatable bonds is 3. The molecule has 0 aromatic carbocycles. The molecule has 0 radical (unpaired) electrons. The average Bonchev–Trinajstić information content (AvgIpc) is 2.81. The molecule has 0 spiro atoms. The predicted molar refractivity (Wildman–Crippen MR) is 64.9 cm³/mol. The van der Waals surface area contributed by atoms with Gasteiger partial charge in [0.1, 0.15) is 12.7 Å². The van der Waals surface area contributed by atoms with Gasteiger partial charge >= 0.3 is 6.18 Å². The van der Waals surface area contributed by atoms with Gasteiger partial charge in [-0.1, -0.05) is 0 Å². The van der Waals surface area contributed by atoms with Crippen molar-refractivity contribution in [2.24, 2.45) is 0 Å². The van der Waals surface area contributed by atoms with Crippen molar-refractivity contribution < 1.29 is 22.7 Å². The molecule has 106 valence electrons. The Labute approximate surface area is 113 Å². The smallest absolute Gasteiger partial charge is 0.359 e. The number of alkyl halides is 3. The monoisotopic (exact) mass is 293 g/mol. The summed E-state index contributed by atoms with van der Waals surface area (Å²) in [4.78, 5) is 14.8. The van der Waals surface area contributed by atoms with E-state index in [1.807, 2.05) is 11.4 Å². The molecule has 1 aromatic rings. The highest BCUT2D eigenvalue weighted by molar-refractivity contribution is 7.10. The van der Waals surface area contributed by atoms with Gasteiger partial charge in [0.15, 0.2) is 0 Å². The van der Waals surface area contributed by atoms with Crippen molar-refractivity contribution in [3.63, 3.8) is 0 Å². The number of fused-ring (bicyclic) bond motifs is 1. The van der Waals surface area contributed by atoms with Crippen LogP contribution < -0.4 is 0 Å². The first-order valence-electron chi connectivity index (χ1n) is 5.89. The molecule has 1 aromatic heterocycles. The van der Waals surface area contributed by atoms with Crippen LogP contribution in [-0.2, 0) is 22.5 Å². The molecule has 19 heavy (non-hydrogen) atoms. The van der Waals surface area contributed by atoms with Gasteiger partial charge in [-0.15, -0.1) is 11.3 Å². The van der Waals surface area contributed by atoms with E-state index in [1.165, 1.54) is 11.8 Å². The molecule has 0 saturated heterocycles. The first kappa shape index (κ1) is 14.3. The topological polar surface area (TPSA) is 29.5 Å². The van der Waals surface area contributed by atoms with E-state index in [9.17, 15) is 18.0 Å². The van der Waals surface area contributed by atoms with Crippen LogP contribution in [0.1, 0.15) is 17.4 Å². The number of halogens is 3. The van der Waals surface area contributed by atoms with Gasteiger partial charge in [0.25, 0.3) is 5.91 Å². The van der Waals surface area contributed by atoms with E-state index in [0.29, 0.717) is 13.1 Å². The summed E-state index contributed by atoms with van der Waals surface area (Å²) in [5.41, 5.74) is 1.08. The molecule has 1 aliphatic heterocycles. The van der Waals surface area contributed by atoms with Crippen molar-refractivity contribution in [1.29, 1.82) is 0 Å². The second-order valence-corrected chi connectivity index (χ2v) is 5.45. The number of carbonyl (C=O) groups excluding carboxylic acids is 1. The zero-order valence-electron chi connectivity index (χ0n) is 10.4. The quantitative estimate of drug-likeness (QED) is 0.857. The van der Waals surface area contributed by atoms with Crippen LogP contribution in [0.15, 0.2) is 11.4 Å². The fourth-order valence-corrected chi connectivity index (χ4v) is 2.87. The summed E-state index contributed by atoms with van der Waals surface area (Å²) in [6.07, 6.45) is -4.72. The lowest BCUT2D eigenvalue weighted by Crippen LogP contribution is -2.42. The van der Waals surface area contributed by atoms with Crippen molar-refractivity contribution in [3.05, 3.63) is 21.9 Å². The highest BCUT2D eigenvalue weighted by Crippen LogP contribution is 2.24. The molecule has 0 N–H and O–H groups in total. The second kappa shape index (κ2) is 5.50. The second-order valence-electron chi connectivity index (χ2n) is 4.45. The fraction of sp³-hybridized carbons (Fsp3) is 0.583. The maximum absolute atomic E-state index is 12.0. The third kappa shape index (κ3) is 3.70. The molecule has 0 bridgehead atoms. The van der Waals surface area contributed by atoms with Gasteiger partial charge in [0.05, 0.1) is 0 Å². The molecule has 1 amide bonds. The van der Waals surface area contributed by atoms with E-state index in [1.54, 1.807) is 16.2 Å². The van der Waals surface area contributed by atoms with E-state index in [-0.39, 0.29) is 5.91 Å². The van der Waals surface area contributed by atoms with Gasteiger partial charge < -0.3 is 9.64 Å². The largest absolute Gasteiger partial charge is 0.411 e. The summed E-state index contributed by atoms with van der Waals surface area (Å²) < 4.78 is 40.7. The Kier molecular flexibility index (Phi) is 4.15. The van der Waals surface area contributed by atoms with Crippen molar-refractivity contribution >= 4 is 17.2 Å². The SMILES string of the molecule is C[C@H](OCC(F)(F)F)C(=O)N1CCc2sccc2C1. The van der Waals surface area contributed by atoms with Crippen LogP contribution in [0.2, 0.25) is 0 Å². The number of amides is 1. The van der Waals surface area contributed by atoms with Crippen molar-refractivity contribution in [3.8, 4) is 0 Å². The molecule has 7 heteroatoms. The molecule has 1 aliphatic rings. The highest BCUT2D eigenvalue weighted by atomic mass is 32.1. The standard InChI is InChI=1S/C12H14F3NO2S/c1-8(18-7-12(13,14)15)11(17)16-4-2-10-9(6-16)3-5-19-10/h3,5,8H,2,4,6-7H2,1H3/t8-/m0/s1. The maximum Gasteiger partial charge on any atom is 0.411 e. The van der Waals surface area contributed by atoms with Crippen LogP contribution in [0.5, 0.6) is 0 Å². The summed E-state index contributed by atoms with van der Waals surface area (Å²) in [6.45, 7) is 0.956. The maximum atomic E-state index is 12.0. The van der Waals surface area contributed by atoms with E-state index >= 15 is 0 Å². The van der Waals surface area contributed by atoms with Gasteiger partial charge in [-0.3, -0.25) is 4.79 Å². The number of ether oxygens (including phenoxy) is 1. The van der Waals surface area contributed by atoms with Crippen LogP contribution in [0.4, 0.5) is 13.2 Å². The molecular weight excluding hydrogens is 279 g/mol. The molecule has 0 fully saturated rings. The number of hydrogen-bond acceptors (Lipinski definition) is 3. The zero-order chi connectivity index (χ0) is 14.0. The van der Waals surface area contributed by atoms with Crippen LogP contribution in [-0.4, -0.2) is 36.2 Å². The van der Waals surface area contributed by atoms with Crippen LogP contribution >= 0.6 is 11.3 Å². The molecule has 2 rings (SSSR count). The molecule has 0 saturated carbocycles. The predicted octanol–water partition coefficient (Wildman–Crippen LogP) is 2.60. The van der Waals surface area contributed by atoms with Crippen molar-refractivity contribution in [2.75, 3.05) is 13.2 Å². The van der Waals surface area contributed by atoms with E-state index in [0.717, 1.165) is 12.0 Å². The van der Waals surface area contributed by atoms with Gasteiger partial charge in [0, 0.05) is 18.0 Å². The van der Waals surface area contributed by atoms with Crippen LogP contribution in [0.3, 0.4) is 0 Å². The minimum atomic E-state index is -4.41. The van der Waals surface area contributed by atoms with E-state index < -0.39 is 18.9 Å². The minimum absolute atomic E-state index is 0.388. The Morgan fingerprint density at radius 2 is 2.32 bits per heavy atom. The number of nitrogens with zero attached hydrogens (tertiary/aromatic N) is 1. The van der Waals surface area contributed by atoms with Gasteiger partial charge in [0.2, 0.25) is 0 Å². The Morgan fingerprint density at radius 1 is 1.58 bits per heavy atom. The summed E-state index contributed by atoms with van der Waals surface area (Å²) in [6, 6.07) is 1.95. The van der Waals surface area contributed by atoms with E-state index in [2.05, 4.69) is 4.74 Å². The molecule has 0 aliphatic carbocycles. The lowest BCUT2D eigenvalue weighted by Gasteiger charge is -2.29. The molecule has 2 heterocycles. The van der Waals surface area contributed by atoms with Gasteiger partial charge in [-0.2, -0.15) is 13.2 Å². The van der Waals surface area contributed by atoms with Crippen LogP contribution in [0, 0.1) is 0 Å². The Morgan fingerprint density at radius 3 is 3.00 bits per heavy atom. The first-order chi connectivity index (χ1) is 8.87. The van der Waals surface area contributed by atoms with Gasteiger partial charge in [-0.05, 0) is 30.4 Å². The molecule has 0 unspecified atom stereocenters. The Balaban J connectivity index is 1.90. The first-order valence-corrected chi connectivity index (χ1v) is 6.77. The average molecular weight is 293 g/mol. The number of hydrogen-bond donors (Lipinski definition) is 0. The number of thiophene rings is 1. The van der Waals surface area contributed by atoms with Crippen LogP contribution in [0.25, 0.3) is 0 Å². The molecule has 1 atom stereocenters. The van der Waals surface area contributed by atoms with Crippen molar-refractivity contribution in [1.82, 2.24) is 4.90 Å². The fourth-order valence-electron chi connectivity index (χ4n) is 1.98. The van der Waals surface area contributed by atoms with Crippen molar-refractivity contribution in [2.45, 2.75) is 32.2 Å². The minimum Gasteiger partial charge on any atom is -0.359 e. The summed E-state index contributed by atoms with van der Waals surface area (Å²) in [5.74, 6) is -0.388. The normalized spacial score (nSPS) is 17.2. The lowest BCUT2D eigenvalue weighted by atomic mass is 10.1.